The lowest BCUT2D eigenvalue weighted by Crippen LogP contribution is -2.40. The zero-order chi connectivity index (χ0) is 25.4. The summed E-state index contributed by atoms with van der Waals surface area (Å²) >= 11 is 0. The molecular formula is C24H33N5O6. The predicted octanol–water partition coefficient (Wildman–Crippen LogP) is 1.64. The van der Waals surface area contributed by atoms with Crippen LogP contribution in [0.1, 0.15) is 69.7 Å². The van der Waals surface area contributed by atoms with Crippen molar-refractivity contribution in [3.05, 3.63) is 23.5 Å². The zero-order valence-electron chi connectivity index (χ0n) is 19.8. The van der Waals surface area contributed by atoms with Crippen LogP contribution in [-0.2, 0) is 24.7 Å². The Hall–Kier alpha value is -3.07. The Morgan fingerprint density at radius 1 is 1.37 bits per heavy atom. The number of H-pyrrole nitrogens is 1. The third-order valence-corrected chi connectivity index (χ3v) is 6.48. The number of amidine groups is 1. The number of rotatable bonds is 9. The fourth-order valence-electron chi connectivity index (χ4n) is 4.60. The molecule has 2 fully saturated rings. The summed E-state index contributed by atoms with van der Waals surface area (Å²) < 4.78 is 11.1. The first-order valence-corrected chi connectivity index (χ1v) is 12.0. The molecule has 190 valence electrons. The number of hydrogen-bond donors (Lipinski definition) is 5. The number of ether oxygens (including phenoxy) is 2. The number of aliphatic imine (C=N–C) groups is 1. The molecule has 2 aliphatic rings. The topological polar surface area (TPSA) is 181 Å². The summed E-state index contributed by atoms with van der Waals surface area (Å²) in [6.45, 7) is 1.55. The van der Waals surface area contributed by atoms with Crippen LogP contribution in [0.25, 0.3) is 0 Å². The van der Waals surface area contributed by atoms with Gasteiger partial charge in [0.1, 0.15) is 37.3 Å². The fourth-order valence-corrected chi connectivity index (χ4v) is 4.60. The van der Waals surface area contributed by atoms with E-state index in [4.69, 9.17) is 14.9 Å². The van der Waals surface area contributed by atoms with Crippen LogP contribution >= 0.6 is 0 Å². The summed E-state index contributed by atoms with van der Waals surface area (Å²) in [5, 5.41) is 41.1. The summed E-state index contributed by atoms with van der Waals surface area (Å²) in [4.78, 5) is 31.0. The number of hydrogen-bond acceptors (Lipinski definition) is 8. The van der Waals surface area contributed by atoms with Crippen molar-refractivity contribution in [3.8, 4) is 6.07 Å². The van der Waals surface area contributed by atoms with Gasteiger partial charge in [-0.3, -0.25) is 15.0 Å². The quantitative estimate of drug-likeness (QED) is 0.199. The second-order valence-corrected chi connectivity index (χ2v) is 9.02. The molecule has 1 aliphatic heterocycles. The molecule has 11 nitrogen and oxygen atoms in total. The minimum Gasteiger partial charge on any atom is -0.463 e. The number of amides is 1. The maximum atomic E-state index is 12.3. The molecule has 0 unspecified atom stereocenters. The van der Waals surface area contributed by atoms with E-state index >= 15 is 0 Å². The highest BCUT2D eigenvalue weighted by molar-refractivity contribution is 6.09. The Morgan fingerprint density at radius 3 is 2.77 bits per heavy atom. The maximum absolute atomic E-state index is 12.3. The van der Waals surface area contributed by atoms with Crippen molar-refractivity contribution < 1.29 is 29.3 Å². The highest BCUT2D eigenvalue weighted by Gasteiger charge is 2.57. The lowest BCUT2D eigenvalue weighted by atomic mass is 9.87. The van der Waals surface area contributed by atoms with Gasteiger partial charge in [-0.25, -0.2) is 4.99 Å². The van der Waals surface area contributed by atoms with Gasteiger partial charge in [-0.2, -0.15) is 5.26 Å². The van der Waals surface area contributed by atoms with Crippen LogP contribution < -0.4 is 5.32 Å². The van der Waals surface area contributed by atoms with E-state index in [0.29, 0.717) is 18.8 Å². The first-order chi connectivity index (χ1) is 16.8. The molecule has 2 heterocycles. The van der Waals surface area contributed by atoms with Crippen LogP contribution in [0.5, 0.6) is 0 Å². The number of aliphatic hydroxyl groups is 2. The molecule has 11 heteroatoms. The second kappa shape index (κ2) is 12.1. The van der Waals surface area contributed by atoms with Crippen molar-refractivity contribution in [1.82, 2.24) is 10.3 Å². The van der Waals surface area contributed by atoms with Crippen molar-refractivity contribution in [3.63, 3.8) is 0 Å². The molecule has 3 rings (SSSR count). The molecule has 0 radical (unpaired) electrons. The van der Waals surface area contributed by atoms with Gasteiger partial charge in [0, 0.05) is 12.8 Å². The summed E-state index contributed by atoms with van der Waals surface area (Å²) in [6, 6.07) is 4.91. The third-order valence-electron chi connectivity index (χ3n) is 6.48. The third kappa shape index (κ3) is 6.14. The molecule has 0 spiro atoms. The summed E-state index contributed by atoms with van der Waals surface area (Å²) in [6.07, 6.45) is 3.13. The van der Waals surface area contributed by atoms with Gasteiger partial charge in [-0.05, 0) is 37.3 Å². The smallest absolute Gasteiger partial charge is 0.306 e. The number of aromatic nitrogens is 1. The number of carbonyl (C=O) groups excluding carboxylic acids is 2. The zero-order valence-corrected chi connectivity index (χ0v) is 19.8. The van der Waals surface area contributed by atoms with Gasteiger partial charge in [0.05, 0.1) is 11.4 Å². The Morgan fingerprint density at radius 2 is 2.11 bits per heavy atom. The van der Waals surface area contributed by atoms with Gasteiger partial charge in [0.2, 0.25) is 11.5 Å². The summed E-state index contributed by atoms with van der Waals surface area (Å²) in [7, 11) is 0. The fraction of sp³-hybridized carbons (Fsp3) is 0.625. The van der Waals surface area contributed by atoms with Crippen molar-refractivity contribution in [1.29, 1.82) is 10.7 Å². The van der Waals surface area contributed by atoms with Crippen LogP contribution in [0.4, 0.5) is 0 Å². The van der Waals surface area contributed by atoms with Crippen LogP contribution in [-0.4, -0.2) is 64.2 Å². The van der Waals surface area contributed by atoms with Crippen LogP contribution in [0.2, 0.25) is 0 Å². The van der Waals surface area contributed by atoms with E-state index in [0.717, 1.165) is 32.0 Å². The minimum atomic E-state index is -1.96. The molecular weight excluding hydrogens is 454 g/mol. The monoisotopic (exact) mass is 487 g/mol. The average molecular weight is 488 g/mol. The first-order valence-electron chi connectivity index (χ1n) is 12.0. The van der Waals surface area contributed by atoms with Gasteiger partial charge in [0.15, 0.2) is 5.84 Å². The van der Waals surface area contributed by atoms with Gasteiger partial charge < -0.3 is 30.0 Å². The summed E-state index contributed by atoms with van der Waals surface area (Å²) in [5.74, 6) is -0.323. The molecule has 5 N–H and O–H groups in total. The molecule has 1 saturated heterocycles. The van der Waals surface area contributed by atoms with Gasteiger partial charge in [-0.15, -0.1) is 0 Å². The molecule has 1 saturated carbocycles. The molecule has 0 aromatic carbocycles. The van der Waals surface area contributed by atoms with E-state index in [1.165, 1.54) is 18.6 Å². The normalized spacial score (nSPS) is 27.3. The van der Waals surface area contributed by atoms with Crippen LogP contribution in [0, 0.1) is 22.7 Å². The molecule has 1 aliphatic carbocycles. The lowest BCUT2D eigenvalue weighted by Gasteiger charge is -2.23. The van der Waals surface area contributed by atoms with E-state index in [9.17, 15) is 25.1 Å². The first kappa shape index (κ1) is 26.5. The number of carbonyl (C=O) groups is 2. The average Bonchev–Trinajstić information content (AvgIpc) is 3.43. The van der Waals surface area contributed by atoms with Gasteiger partial charge in [-0.1, -0.05) is 26.2 Å². The molecule has 35 heavy (non-hydrogen) atoms. The van der Waals surface area contributed by atoms with Gasteiger partial charge >= 0.3 is 5.97 Å². The van der Waals surface area contributed by atoms with E-state index < -0.39 is 29.9 Å². The standard InChI is InChI=1S/C24H33N5O6/c1-2-6-19(30)29-23(27-14-26)16-9-10-18(28-16)24(13-25)22(33)21(32)17(35-24)12-34-20(31)11-15-7-4-3-5-8-15/h9-10,14-15,17,21-22,28,32-33H,2-8,11-12H2,1H3,(H2,26,27,29,30)/t17-,21-,22-,24+/m1/s1. The summed E-state index contributed by atoms with van der Waals surface area (Å²) in [5.41, 5.74) is -1.54. The lowest BCUT2D eigenvalue weighted by molar-refractivity contribution is -0.152. The van der Waals surface area contributed by atoms with Gasteiger partial charge in [0.25, 0.3) is 0 Å². The number of aromatic amines is 1. The molecule has 1 aromatic rings. The SMILES string of the molecule is CCCC(=O)NC(=NC=N)c1ccc([C@]2(C#N)O[C@H](COC(=O)CC3CCCCC3)[C@@H](O)[C@H]2O)[nH]1. The molecule has 0 bridgehead atoms. The van der Waals surface area contributed by atoms with E-state index in [-0.39, 0.29) is 36.2 Å². The highest BCUT2D eigenvalue weighted by atomic mass is 16.6. The van der Waals surface area contributed by atoms with Crippen LogP contribution in [0.3, 0.4) is 0 Å². The number of nitrogens with one attached hydrogen (secondary N) is 3. The van der Waals surface area contributed by atoms with E-state index in [1.807, 2.05) is 13.0 Å². The highest BCUT2D eigenvalue weighted by Crippen LogP contribution is 2.39. The number of nitriles is 1. The van der Waals surface area contributed by atoms with E-state index in [2.05, 4.69) is 15.3 Å². The van der Waals surface area contributed by atoms with Crippen molar-refractivity contribution in [2.75, 3.05) is 6.61 Å². The molecule has 4 atom stereocenters. The Balaban J connectivity index is 1.70. The Labute approximate surface area is 204 Å². The predicted molar refractivity (Wildman–Crippen MR) is 125 cm³/mol. The second-order valence-electron chi connectivity index (χ2n) is 9.02. The van der Waals surface area contributed by atoms with Crippen molar-refractivity contribution in [2.45, 2.75) is 82.2 Å². The number of nitrogens with zero attached hydrogens (tertiary/aromatic N) is 2. The number of esters is 1. The largest absolute Gasteiger partial charge is 0.463 e. The number of aliphatic hydroxyl groups excluding tert-OH is 2. The maximum Gasteiger partial charge on any atom is 0.306 e. The Bertz CT molecular complexity index is 979. The van der Waals surface area contributed by atoms with Crippen LogP contribution in [0.15, 0.2) is 17.1 Å². The van der Waals surface area contributed by atoms with Crippen molar-refractivity contribution in [2.24, 2.45) is 10.9 Å². The molecule has 1 amide bonds. The van der Waals surface area contributed by atoms with Crippen molar-refractivity contribution >= 4 is 24.1 Å². The minimum absolute atomic E-state index is 0.0685. The Kier molecular flexibility index (Phi) is 9.14. The van der Waals surface area contributed by atoms with E-state index in [1.54, 1.807) is 0 Å². The molecule has 1 aromatic heterocycles.